The molecule has 2 amide bonds. The summed E-state index contributed by atoms with van der Waals surface area (Å²) in [6.45, 7) is 3.95. The fourth-order valence-electron chi connectivity index (χ4n) is 3.15. The van der Waals surface area contributed by atoms with Gasteiger partial charge in [-0.05, 0) is 33.1 Å². The maximum atomic E-state index is 12.3. The first-order valence-corrected chi connectivity index (χ1v) is 7.21. The van der Waals surface area contributed by atoms with Crippen LogP contribution in [-0.4, -0.2) is 34.8 Å². The van der Waals surface area contributed by atoms with Crippen LogP contribution >= 0.6 is 0 Å². The Balaban J connectivity index is 1.93. The molecule has 1 saturated heterocycles. The lowest BCUT2D eigenvalue weighted by molar-refractivity contribution is -0.137. The van der Waals surface area contributed by atoms with E-state index in [9.17, 15) is 9.59 Å². The van der Waals surface area contributed by atoms with Crippen molar-refractivity contribution in [3.05, 3.63) is 0 Å². The molecule has 2 fully saturated rings. The third kappa shape index (κ3) is 2.85. The zero-order chi connectivity index (χ0) is 13.1. The number of nitrogens with zero attached hydrogens (tertiary/aromatic N) is 1. The van der Waals surface area contributed by atoms with Gasteiger partial charge in [-0.15, -0.1) is 0 Å². The average Bonchev–Trinajstić information content (AvgIpc) is 2.72. The highest BCUT2D eigenvalue weighted by molar-refractivity contribution is 5.91. The minimum atomic E-state index is -0.237. The topological polar surface area (TPSA) is 49.4 Å². The minimum absolute atomic E-state index is 0.0569. The van der Waals surface area contributed by atoms with Crippen LogP contribution in [0.3, 0.4) is 0 Å². The molecule has 18 heavy (non-hydrogen) atoms. The Bertz CT molecular complexity index is 322. The maximum absolute atomic E-state index is 12.3. The second kappa shape index (κ2) is 5.72. The summed E-state index contributed by atoms with van der Waals surface area (Å²) < 4.78 is 0. The SMILES string of the molecule is CC(C)N1C(=O)CCC1C(=O)NC1CCCCC1. The summed E-state index contributed by atoms with van der Waals surface area (Å²) >= 11 is 0. The van der Waals surface area contributed by atoms with E-state index in [0.29, 0.717) is 18.9 Å². The van der Waals surface area contributed by atoms with Crippen molar-refractivity contribution in [1.82, 2.24) is 10.2 Å². The molecule has 0 aromatic heterocycles. The van der Waals surface area contributed by atoms with Crippen molar-refractivity contribution in [2.24, 2.45) is 0 Å². The van der Waals surface area contributed by atoms with Crippen molar-refractivity contribution in [3.63, 3.8) is 0 Å². The molecule has 1 saturated carbocycles. The van der Waals surface area contributed by atoms with Crippen LogP contribution in [0.2, 0.25) is 0 Å². The maximum Gasteiger partial charge on any atom is 0.243 e. The Kier molecular flexibility index (Phi) is 4.25. The molecule has 1 aliphatic carbocycles. The second-order valence-corrected chi connectivity index (χ2v) is 5.79. The van der Waals surface area contributed by atoms with Crippen LogP contribution in [0.25, 0.3) is 0 Å². The molecule has 0 aromatic rings. The highest BCUT2D eigenvalue weighted by atomic mass is 16.2. The lowest BCUT2D eigenvalue weighted by atomic mass is 9.95. The number of hydrogen-bond acceptors (Lipinski definition) is 2. The van der Waals surface area contributed by atoms with Gasteiger partial charge in [-0.25, -0.2) is 0 Å². The third-order valence-corrected chi connectivity index (χ3v) is 4.07. The van der Waals surface area contributed by atoms with E-state index in [1.165, 1.54) is 19.3 Å². The number of carbonyl (C=O) groups excluding carboxylic acids is 2. The molecule has 0 aromatic carbocycles. The zero-order valence-corrected chi connectivity index (χ0v) is 11.4. The number of amides is 2. The van der Waals surface area contributed by atoms with Crippen molar-refractivity contribution in [2.75, 3.05) is 0 Å². The molecule has 2 aliphatic rings. The Morgan fingerprint density at radius 2 is 1.89 bits per heavy atom. The molecule has 0 radical (unpaired) electrons. The molecule has 4 nitrogen and oxygen atoms in total. The van der Waals surface area contributed by atoms with Gasteiger partial charge in [0.1, 0.15) is 6.04 Å². The first kappa shape index (κ1) is 13.4. The standard InChI is InChI=1S/C14H24N2O2/c1-10(2)16-12(8-9-13(16)17)14(18)15-11-6-4-3-5-7-11/h10-12H,3-9H2,1-2H3,(H,15,18). The molecule has 0 bridgehead atoms. The average molecular weight is 252 g/mol. The van der Waals surface area contributed by atoms with Crippen molar-refractivity contribution in [3.8, 4) is 0 Å². The largest absolute Gasteiger partial charge is 0.352 e. The van der Waals surface area contributed by atoms with E-state index < -0.39 is 0 Å². The van der Waals surface area contributed by atoms with Crippen molar-refractivity contribution >= 4 is 11.8 Å². The number of hydrogen-bond donors (Lipinski definition) is 1. The van der Waals surface area contributed by atoms with E-state index in [2.05, 4.69) is 5.32 Å². The molecule has 2 rings (SSSR count). The molecule has 0 spiro atoms. The predicted octanol–water partition coefficient (Wildman–Crippen LogP) is 1.83. The molecular formula is C14H24N2O2. The minimum Gasteiger partial charge on any atom is -0.352 e. The van der Waals surface area contributed by atoms with E-state index in [4.69, 9.17) is 0 Å². The van der Waals surface area contributed by atoms with Gasteiger partial charge >= 0.3 is 0 Å². The molecule has 1 aliphatic heterocycles. The number of carbonyl (C=O) groups is 2. The number of likely N-dealkylation sites (tertiary alicyclic amines) is 1. The Morgan fingerprint density at radius 3 is 2.50 bits per heavy atom. The van der Waals surface area contributed by atoms with Crippen LogP contribution in [0.15, 0.2) is 0 Å². The zero-order valence-electron chi connectivity index (χ0n) is 11.4. The summed E-state index contributed by atoms with van der Waals surface area (Å²) in [5, 5.41) is 3.13. The van der Waals surface area contributed by atoms with Crippen molar-refractivity contribution in [1.29, 1.82) is 0 Å². The van der Waals surface area contributed by atoms with Gasteiger partial charge in [0.05, 0.1) is 0 Å². The lowest BCUT2D eigenvalue weighted by Crippen LogP contribution is -2.50. The second-order valence-electron chi connectivity index (χ2n) is 5.79. The quantitative estimate of drug-likeness (QED) is 0.833. The predicted molar refractivity (Wildman–Crippen MR) is 70.0 cm³/mol. The van der Waals surface area contributed by atoms with E-state index >= 15 is 0 Å². The summed E-state index contributed by atoms with van der Waals surface area (Å²) in [5.41, 5.74) is 0. The van der Waals surface area contributed by atoms with Crippen molar-refractivity contribution in [2.45, 2.75) is 76.9 Å². The molecular weight excluding hydrogens is 228 g/mol. The summed E-state index contributed by atoms with van der Waals surface area (Å²) in [5.74, 6) is 0.176. The van der Waals surface area contributed by atoms with Gasteiger partial charge in [-0.3, -0.25) is 9.59 Å². The Morgan fingerprint density at radius 1 is 1.22 bits per heavy atom. The van der Waals surface area contributed by atoms with Crippen LogP contribution in [0.5, 0.6) is 0 Å². The number of rotatable bonds is 3. The molecule has 1 N–H and O–H groups in total. The van der Waals surface area contributed by atoms with Gasteiger partial charge in [0, 0.05) is 18.5 Å². The first-order chi connectivity index (χ1) is 8.59. The lowest BCUT2D eigenvalue weighted by Gasteiger charge is -2.30. The van der Waals surface area contributed by atoms with Crippen LogP contribution in [-0.2, 0) is 9.59 Å². The molecule has 4 heteroatoms. The normalized spacial score (nSPS) is 25.8. The molecule has 1 heterocycles. The molecule has 102 valence electrons. The van der Waals surface area contributed by atoms with Crippen LogP contribution in [0.4, 0.5) is 0 Å². The molecule has 1 unspecified atom stereocenters. The van der Waals surface area contributed by atoms with E-state index in [0.717, 1.165) is 12.8 Å². The fraction of sp³-hybridized carbons (Fsp3) is 0.857. The van der Waals surface area contributed by atoms with Crippen molar-refractivity contribution < 1.29 is 9.59 Å². The van der Waals surface area contributed by atoms with Gasteiger partial charge in [0.15, 0.2) is 0 Å². The summed E-state index contributed by atoms with van der Waals surface area (Å²) in [6, 6.07) is 0.206. The summed E-state index contributed by atoms with van der Waals surface area (Å²) in [7, 11) is 0. The van der Waals surface area contributed by atoms with Crippen LogP contribution in [0, 0.1) is 0 Å². The van der Waals surface area contributed by atoms with Crippen LogP contribution in [0.1, 0.15) is 58.8 Å². The summed E-state index contributed by atoms with van der Waals surface area (Å²) in [6.07, 6.45) is 7.08. The third-order valence-electron chi connectivity index (χ3n) is 4.07. The van der Waals surface area contributed by atoms with E-state index in [1.54, 1.807) is 4.90 Å². The van der Waals surface area contributed by atoms with Gasteiger partial charge in [0.2, 0.25) is 11.8 Å². The molecule has 1 atom stereocenters. The Hall–Kier alpha value is -1.06. The first-order valence-electron chi connectivity index (χ1n) is 7.21. The smallest absolute Gasteiger partial charge is 0.243 e. The number of nitrogens with one attached hydrogen (secondary N) is 1. The van der Waals surface area contributed by atoms with E-state index in [1.807, 2.05) is 13.8 Å². The van der Waals surface area contributed by atoms with Gasteiger partial charge in [-0.1, -0.05) is 19.3 Å². The van der Waals surface area contributed by atoms with Gasteiger partial charge < -0.3 is 10.2 Å². The Labute approximate surface area is 109 Å². The monoisotopic (exact) mass is 252 g/mol. The van der Waals surface area contributed by atoms with Crippen LogP contribution < -0.4 is 5.32 Å². The van der Waals surface area contributed by atoms with Gasteiger partial charge in [0.25, 0.3) is 0 Å². The highest BCUT2D eigenvalue weighted by Gasteiger charge is 2.37. The fourth-order valence-corrected chi connectivity index (χ4v) is 3.15. The van der Waals surface area contributed by atoms with E-state index in [-0.39, 0.29) is 23.9 Å². The summed E-state index contributed by atoms with van der Waals surface area (Å²) in [4.78, 5) is 25.8. The van der Waals surface area contributed by atoms with Gasteiger partial charge in [-0.2, -0.15) is 0 Å². The highest BCUT2D eigenvalue weighted by Crippen LogP contribution is 2.23.